The van der Waals surface area contributed by atoms with Crippen molar-refractivity contribution in [2.24, 2.45) is 0 Å². The van der Waals surface area contributed by atoms with Crippen LogP contribution < -0.4 is 4.72 Å². The summed E-state index contributed by atoms with van der Waals surface area (Å²) in [4.78, 5) is 13.1. The number of benzene rings is 2. The standard InChI is InChI=1S/C20H25NO4S2/c1-15(2)17-6-10-19(11-7-17)27(23,24)21-13-12-20(22)25-14-16-4-8-18(26-3)9-5-16/h4-11,15,21H,12-14H2,1-3H3. The lowest BCUT2D eigenvalue weighted by atomic mass is 10.0. The number of sulfonamides is 1. The maximum Gasteiger partial charge on any atom is 0.307 e. The van der Waals surface area contributed by atoms with Gasteiger partial charge in [0.1, 0.15) is 6.61 Å². The van der Waals surface area contributed by atoms with Crippen molar-refractivity contribution >= 4 is 27.8 Å². The van der Waals surface area contributed by atoms with Gasteiger partial charge in [-0.15, -0.1) is 11.8 Å². The quantitative estimate of drug-likeness (QED) is 0.503. The van der Waals surface area contributed by atoms with Crippen LogP contribution in [0.15, 0.2) is 58.3 Å². The SMILES string of the molecule is CSc1ccc(COC(=O)CCNS(=O)(=O)c2ccc(C(C)C)cc2)cc1. The highest BCUT2D eigenvalue weighted by Crippen LogP contribution is 2.17. The molecule has 146 valence electrons. The zero-order valence-electron chi connectivity index (χ0n) is 15.8. The first kappa shape index (κ1) is 21.5. The third-order valence-electron chi connectivity index (χ3n) is 4.04. The predicted molar refractivity (Wildman–Crippen MR) is 108 cm³/mol. The Labute approximate surface area is 165 Å². The first-order valence-corrected chi connectivity index (χ1v) is 11.4. The van der Waals surface area contributed by atoms with Gasteiger partial charge in [-0.2, -0.15) is 0 Å². The molecule has 0 unspecified atom stereocenters. The molecule has 2 aromatic rings. The summed E-state index contributed by atoms with van der Waals surface area (Å²) in [5, 5.41) is 0. The van der Waals surface area contributed by atoms with Crippen molar-refractivity contribution in [3.05, 3.63) is 59.7 Å². The number of hydrogen-bond acceptors (Lipinski definition) is 5. The summed E-state index contributed by atoms with van der Waals surface area (Å²) in [6.07, 6.45) is 1.97. The van der Waals surface area contributed by atoms with Gasteiger partial charge in [-0.05, 0) is 47.6 Å². The van der Waals surface area contributed by atoms with E-state index in [1.165, 1.54) is 0 Å². The summed E-state index contributed by atoms with van der Waals surface area (Å²) in [6.45, 7) is 4.27. The number of esters is 1. The maximum atomic E-state index is 12.3. The number of hydrogen-bond donors (Lipinski definition) is 1. The molecule has 27 heavy (non-hydrogen) atoms. The van der Waals surface area contributed by atoms with Crippen molar-refractivity contribution in [3.63, 3.8) is 0 Å². The van der Waals surface area contributed by atoms with Crippen molar-refractivity contribution in [1.29, 1.82) is 0 Å². The van der Waals surface area contributed by atoms with E-state index < -0.39 is 16.0 Å². The fourth-order valence-corrected chi connectivity index (χ4v) is 3.80. The topological polar surface area (TPSA) is 72.5 Å². The van der Waals surface area contributed by atoms with Crippen LogP contribution in [0.25, 0.3) is 0 Å². The van der Waals surface area contributed by atoms with Gasteiger partial charge >= 0.3 is 5.97 Å². The summed E-state index contributed by atoms with van der Waals surface area (Å²) in [5.74, 6) is -0.108. The van der Waals surface area contributed by atoms with Gasteiger partial charge < -0.3 is 4.74 Å². The van der Waals surface area contributed by atoms with Crippen molar-refractivity contribution in [2.45, 2.75) is 42.6 Å². The average Bonchev–Trinajstić information content (AvgIpc) is 2.66. The molecule has 2 rings (SSSR count). The largest absolute Gasteiger partial charge is 0.461 e. The van der Waals surface area contributed by atoms with Gasteiger partial charge in [0, 0.05) is 11.4 Å². The van der Waals surface area contributed by atoms with Crippen LogP contribution in [-0.4, -0.2) is 27.2 Å². The van der Waals surface area contributed by atoms with Crippen molar-refractivity contribution in [1.82, 2.24) is 4.72 Å². The fraction of sp³-hybridized carbons (Fsp3) is 0.350. The van der Waals surface area contributed by atoms with Gasteiger partial charge in [-0.25, -0.2) is 13.1 Å². The van der Waals surface area contributed by atoms with Gasteiger partial charge in [0.2, 0.25) is 10.0 Å². The Bertz CT molecular complexity index is 845. The van der Waals surface area contributed by atoms with E-state index in [-0.39, 0.29) is 24.5 Å². The van der Waals surface area contributed by atoms with E-state index in [1.54, 1.807) is 36.0 Å². The normalized spacial score (nSPS) is 11.6. The smallest absolute Gasteiger partial charge is 0.307 e. The van der Waals surface area contributed by atoms with E-state index in [9.17, 15) is 13.2 Å². The molecule has 2 aromatic carbocycles. The van der Waals surface area contributed by atoms with Crippen LogP contribution >= 0.6 is 11.8 Å². The molecule has 0 amide bonds. The molecule has 0 aromatic heterocycles. The summed E-state index contributed by atoms with van der Waals surface area (Å²) in [6, 6.07) is 14.5. The number of thioether (sulfide) groups is 1. The van der Waals surface area contributed by atoms with Gasteiger partial charge in [0.15, 0.2) is 0 Å². The monoisotopic (exact) mass is 407 g/mol. The van der Waals surface area contributed by atoms with Gasteiger partial charge in [0.05, 0.1) is 11.3 Å². The molecule has 1 N–H and O–H groups in total. The molecule has 0 fully saturated rings. The minimum absolute atomic E-state index is 0.00148. The van der Waals surface area contributed by atoms with Gasteiger partial charge in [-0.3, -0.25) is 4.79 Å². The van der Waals surface area contributed by atoms with E-state index in [4.69, 9.17) is 4.74 Å². The molecule has 0 heterocycles. The van der Waals surface area contributed by atoms with Crippen LogP contribution in [0.2, 0.25) is 0 Å². The summed E-state index contributed by atoms with van der Waals surface area (Å²) in [7, 11) is -3.63. The molecule has 0 saturated carbocycles. The second-order valence-electron chi connectivity index (χ2n) is 6.38. The van der Waals surface area contributed by atoms with Crippen molar-refractivity contribution in [2.75, 3.05) is 12.8 Å². The number of carbonyl (C=O) groups excluding carboxylic acids is 1. The molecular formula is C20H25NO4S2. The fourth-order valence-electron chi connectivity index (χ4n) is 2.36. The van der Waals surface area contributed by atoms with E-state index >= 15 is 0 Å². The summed E-state index contributed by atoms with van der Waals surface area (Å²) < 4.78 is 32.2. The molecule has 0 radical (unpaired) electrons. The van der Waals surface area contributed by atoms with Crippen LogP contribution in [0, 0.1) is 0 Å². The summed E-state index contributed by atoms with van der Waals surface area (Å²) in [5.41, 5.74) is 1.97. The number of nitrogens with one attached hydrogen (secondary N) is 1. The molecule has 0 bridgehead atoms. The van der Waals surface area contributed by atoms with Crippen LogP contribution in [0.1, 0.15) is 37.3 Å². The molecular weight excluding hydrogens is 382 g/mol. The van der Waals surface area contributed by atoms with Crippen molar-refractivity contribution in [3.8, 4) is 0 Å². The average molecular weight is 408 g/mol. The minimum Gasteiger partial charge on any atom is -0.461 e. The third-order valence-corrected chi connectivity index (χ3v) is 6.26. The Morgan fingerprint density at radius 1 is 1.07 bits per heavy atom. The van der Waals surface area contributed by atoms with Crippen LogP contribution in [0.3, 0.4) is 0 Å². The Morgan fingerprint density at radius 3 is 2.26 bits per heavy atom. The van der Waals surface area contributed by atoms with Crippen LogP contribution in [0.5, 0.6) is 0 Å². The van der Waals surface area contributed by atoms with E-state index in [0.717, 1.165) is 16.0 Å². The second-order valence-corrected chi connectivity index (χ2v) is 9.03. The lowest BCUT2D eigenvalue weighted by Gasteiger charge is -2.09. The Morgan fingerprint density at radius 2 is 1.70 bits per heavy atom. The van der Waals surface area contributed by atoms with Gasteiger partial charge in [0.25, 0.3) is 0 Å². The molecule has 5 nitrogen and oxygen atoms in total. The zero-order chi connectivity index (χ0) is 19.9. The predicted octanol–water partition coefficient (Wildman–Crippen LogP) is 3.94. The minimum atomic E-state index is -3.63. The first-order chi connectivity index (χ1) is 12.8. The molecule has 0 saturated heterocycles. The third kappa shape index (κ3) is 6.68. The Hall–Kier alpha value is -1.83. The lowest BCUT2D eigenvalue weighted by Crippen LogP contribution is -2.26. The number of ether oxygens (including phenoxy) is 1. The first-order valence-electron chi connectivity index (χ1n) is 8.70. The highest BCUT2D eigenvalue weighted by molar-refractivity contribution is 7.98. The number of carbonyl (C=O) groups is 1. The summed E-state index contributed by atoms with van der Waals surface area (Å²) >= 11 is 1.64. The highest BCUT2D eigenvalue weighted by Gasteiger charge is 2.15. The van der Waals surface area contributed by atoms with E-state index in [1.807, 2.05) is 44.4 Å². The van der Waals surface area contributed by atoms with Crippen LogP contribution in [0.4, 0.5) is 0 Å². The van der Waals surface area contributed by atoms with Crippen molar-refractivity contribution < 1.29 is 17.9 Å². The number of rotatable bonds is 9. The van der Waals surface area contributed by atoms with Gasteiger partial charge in [-0.1, -0.05) is 38.1 Å². The van der Waals surface area contributed by atoms with E-state index in [0.29, 0.717) is 5.92 Å². The van der Waals surface area contributed by atoms with E-state index in [2.05, 4.69) is 4.72 Å². The molecule has 0 aliphatic carbocycles. The highest BCUT2D eigenvalue weighted by atomic mass is 32.2. The van der Waals surface area contributed by atoms with Crippen LogP contribution in [-0.2, 0) is 26.2 Å². The molecule has 7 heteroatoms. The Balaban J connectivity index is 1.79. The Kier molecular flexibility index (Phi) is 7.89. The molecule has 0 spiro atoms. The second kappa shape index (κ2) is 9.92. The maximum absolute atomic E-state index is 12.3. The lowest BCUT2D eigenvalue weighted by molar-refractivity contribution is -0.144. The zero-order valence-corrected chi connectivity index (χ0v) is 17.4. The molecule has 0 aliphatic rings. The molecule has 0 atom stereocenters. The molecule has 0 aliphatic heterocycles.